The lowest BCUT2D eigenvalue weighted by Gasteiger charge is -2.33. The van der Waals surface area contributed by atoms with Crippen LogP contribution in [0.25, 0.3) is 22.4 Å². The second-order valence-electron chi connectivity index (χ2n) is 9.01. The molecule has 1 atom stereocenters. The van der Waals surface area contributed by atoms with Gasteiger partial charge in [0.05, 0.1) is 35.5 Å². The summed E-state index contributed by atoms with van der Waals surface area (Å²) >= 11 is 0. The van der Waals surface area contributed by atoms with Gasteiger partial charge in [-0.25, -0.2) is 13.4 Å². The number of rotatable bonds is 9. The molecule has 3 heterocycles. The van der Waals surface area contributed by atoms with Crippen LogP contribution in [0.4, 0.5) is 0 Å². The minimum Gasteiger partial charge on any atom is -0.493 e. The molecule has 0 bridgehead atoms. The third kappa shape index (κ3) is 4.90. The number of H-pyrrole nitrogens is 1. The molecule has 1 aliphatic rings. The van der Waals surface area contributed by atoms with E-state index in [1.807, 2.05) is 13.8 Å². The minimum absolute atomic E-state index is 0.0600. The number of ether oxygens (including phenoxy) is 1. The van der Waals surface area contributed by atoms with E-state index in [9.17, 15) is 23.4 Å². The molecule has 0 radical (unpaired) electrons. The highest BCUT2D eigenvalue weighted by atomic mass is 32.2. The number of aromatic amines is 1. The van der Waals surface area contributed by atoms with E-state index in [1.54, 1.807) is 13.1 Å². The minimum atomic E-state index is -3.85. The zero-order valence-corrected chi connectivity index (χ0v) is 21.6. The highest BCUT2D eigenvalue weighted by Crippen LogP contribution is 2.33. The van der Waals surface area contributed by atoms with Gasteiger partial charge in [0, 0.05) is 20.1 Å². The van der Waals surface area contributed by atoms with Crippen LogP contribution in [0.5, 0.6) is 5.75 Å². The standard InChI is InChI=1S/C24H33N5O6S/c1-4-6-18-21-22(28(3)27-18)24(32)26-23(25-21)17-13-16(7-8-20(17)35-5-2)36(33,34)29-11-9-15(10-12-29)19(31)14-30/h7-8,13,15,19,30-31H,4-6,9-12,14H2,1-3H3,(H,25,26,32). The van der Waals surface area contributed by atoms with Crippen molar-refractivity contribution < 1.29 is 23.4 Å². The van der Waals surface area contributed by atoms with Gasteiger partial charge in [-0.15, -0.1) is 0 Å². The highest BCUT2D eigenvalue weighted by Gasteiger charge is 2.32. The number of aliphatic hydroxyl groups excluding tert-OH is 2. The summed E-state index contributed by atoms with van der Waals surface area (Å²) in [6.45, 7) is 4.32. The van der Waals surface area contributed by atoms with Crippen LogP contribution in [-0.4, -0.2) is 75.1 Å². The SMILES string of the molecule is CCCc1nn(C)c2c(=O)[nH]c(-c3cc(S(=O)(=O)N4CCC(C(O)CO)CC4)ccc3OCC)nc12. The predicted molar refractivity (Wildman–Crippen MR) is 134 cm³/mol. The number of fused-ring (bicyclic) bond motifs is 1. The maximum atomic E-state index is 13.5. The number of nitrogens with zero attached hydrogens (tertiary/aromatic N) is 4. The van der Waals surface area contributed by atoms with E-state index >= 15 is 0 Å². The van der Waals surface area contributed by atoms with Crippen molar-refractivity contribution in [1.82, 2.24) is 24.1 Å². The van der Waals surface area contributed by atoms with Crippen LogP contribution < -0.4 is 10.3 Å². The Morgan fingerprint density at radius 3 is 2.61 bits per heavy atom. The number of aryl methyl sites for hydroxylation is 2. The Morgan fingerprint density at radius 2 is 1.97 bits per heavy atom. The number of piperidine rings is 1. The predicted octanol–water partition coefficient (Wildman–Crippen LogP) is 1.43. The van der Waals surface area contributed by atoms with Crippen molar-refractivity contribution in [2.45, 2.75) is 50.5 Å². The van der Waals surface area contributed by atoms with Crippen molar-refractivity contribution in [2.24, 2.45) is 13.0 Å². The first-order chi connectivity index (χ1) is 17.2. The summed E-state index contributed by atoms with van der Waals surface area (Å²) in [6.07, 6.45) is 1.55. The van der Waals surface area contributed by atoms with E-state index in [0.29, 0.717) is 53.9 Å². The summed E-state index contributed by atoms with van der Waals surface area (Å²) in [5.41, 5.74) is 1.55. The van der Waals surface area contributed by atoms with E-state index < -0.39 is 16.1 Å². The van der Waals surface area contributed by atoms with Crippen LogP contribution in [0, 0.1) is 5.92 Å². The molecule has 3 N–H and O–H groups in total. The molecule has 196 valence electrons. The maximum Gasteiger partial charge on any atom is 0.277 e. The lowest BCUT2D eigenvalue weighted by molar-refractivity contribution is 0.0278. The first kappa shape index (κ1) is 26.3. The molecule has 1 aromatic carbocycles. The van der Waals surface area contributed by atoms with Crippen molar-refractivity contribution in [1.29, 1.82) is 0 Å². The first-order valence-electron chi connectivity index (χ1n) is 12.2. The Balaban J connectivity index is 1.76. The van der Waals surface area contributed by atoms with Crippen molar-refractivity contribution in [2.75, 3.05) is 26.3 Å². The molecular weight excluding hydrogens is 486 g/mol. The number of benzene rings is 1. The molecule has 1 fully saturated rings. The molecule has 0 spiro atoms. The molecule has 0 amide bonds. The van der Waals surface area contributed by atoms with Crippen LogP contribution in [0.1, 0.15) is 38.8 Å². The van der Waals surface area contributed by atoms with E-state index in [-0.39, 0.29) is 41.9 Å². The second kappa shape index (κ2) is 10.7. The first-order valence-corrected chi connectivity index (χ1v) is 13.7. The lowest BCUT2D eigenvalue weighted by Crippen LogP contribution is -2.41. The molecule has 12 heteroatoms. The zero-order chi connectivity index (χ0) is 26.0. The number of aliphatic hydroxyl groups is 2. The van der Waals surface area contributed by atoms with E-state index in [1.165, 1.54) is 21.1 Å². The molecule has 11 nitrogen and oxygen atoms in total. The van der Waals surface area contributed by atoms with Gasteiger partial charge < -0.3 is 19.9 Å². The molecule has 2 aromatic heterocycles. The fourth-order valence-electron chi connectivity index (χ4n) is 4.71. The zero-order valence-electron chi connectivity index (χ0n) is 20.8. The average molecular weight is 520 g/mol. The Hall–Kier alpha value is -2.80. The topological polar surface area (TPSA) is 151 Å². The molecule has 0 saturated carbocycles. The second-order valence-corrected chi connectivity index (χ2v) is 11.0. The summed E-state index contributed by atoms with van der Waals surface area (Å²) in [5, 5.41) is 23.6. The fraction of sp³-hybridized carbons (Fsp3) is 0.542. The molecule has 0 aliphatic carbocycles. The monoisotopic (exact) mass is 519 g/mol. The maximum absolute atomic E-state index is 13.5. The molecule has 4 rings (SSSR count). The molecule has 1 aliphatic heterocycles. The van der Waals surface area contributed by atoms with Crippen molar-refractivity contribution in [3.63, 3.8) is 0 Å². The van der Waals surface area contributed by atoms with E-state index in [2.05, 4.69) is 15.1 Å². The Morgan fingerprint density at radius 1 is 1.25 bits per heavy atom. The Bertz CT molecular complexity index is 1390. The van der Waals surface area contributed by atoms with Crippen LogP contribution >= 0.6 is 0 Å². The lowest BCUT2D eigenvalue weighted by atomic mass is 9.93. The quantitative estimate of drug-likeness (QED) is 0.384. The molecule has 3 aromatic rings. The largest absolute Gasteiger partial charge is 0.493 e. The van der Waals surface area contributed by atoms with Crippen molar-refractivity contribution >= 4 is 21.1 Å². The van der Waals surface area contributed by atoms with Crippen LogP contribution in [0.3, 0.4) is 0 Å². The molecule has 36 heavy (non-hydrogen) atoms. The van der Waals surface area contributed by atoms with E-state index in [0.717, 1.165) is 6.42 Å². The number of sulfonamides is 1. The van der Waals surface area contributed by atoms with Gasteiger partial charge in [0.1, 0.15) is 17.1 Å². The highest BCUT2D eigenvalue weighted by molar-refractivity contribution is 7.89. The van der Waals surface area contributed by atoms with Gasteiger partial charge in [0.15, 0.2) is 5.52 Å². The smallest absolute Gasteiger partial charge is 0.277 e. The van der Waals surface area contributed by atoms with Gasteiger partial charge in [0.25, 0.3) is 5.56 Å². The number of hydrogen-bond donors (Lipinski definition) is 3. The third-order valence-electron chi connectivity index (χ3n) is 6.62. The van der Waals surface area contributed by atoms with Gasteiger partial charge in [-0.2, -0.15) is 9.40 Å². The van der Waals surface area contributed by atoms with Gasteiger partial charge in [-0.3, -0.25) is 9.48 Å². The molecular formula is C24H33N5O6S. The van der Waals surface area contributed by atoms with Gasteiger partial charge in [-0.1, -0.05) is 13.3 Å². The number of nitrogens with one attached hydrogen (secondary N) is 1. The van der Waals surface area contributed by atoms with Gasteiger partial charge >= 0.3 is 0 Å². The summed E-state index contributed by atoms with van der Waals surface area (Å²) in [4.78, 5) is 20.5. The molecule has 1 saturated heterocycles. The van der Waals surface area contributed by atoms with Gasteiger partial charge in [-0.05, 0) is 50.3 Å². The normalized spacial score (nSPS) is 16.5. The number of aromatic nitrogens is 4. The van der Waals surface area contributed by atoms with Crippen molar-refractivity contribution in [3.8, 4) is 17.1 Å². The summed E-state index contributed by atoms with van der Waals surface area (Å²) in [7, 11) is -2.15. The third-order valence-corrected chi connectivity index (χ3v) is 8.52. The van der Waals surface area contributed by atoms with Crippen molar-refractivity contribution in [3.05, 3.63) is 34.2 Å². The summed E-state index contributed by atoms with van der Waals surface area (Å²) < 4.78 is 35.6. The molecule has 1 unspecified atom stereocenters. The fourth-order valence-corrected chi connectivity index (χ4v) is 6.21. The van der Waals surface area contributed by atoms with Crippen LogP contribution in [-0.2, 0) is 23.5 Å². The summed E-state index contributed by atoms with van der Waals surface area (Å²) in [6, 6.07) is 4.55. The van der Waals surface area contributed by atoms with Gasteiger partial charge in [0.2, 0.25) is 10.0 Å². The Labute approximate surface area is 209 Å². The van der Waals surface area contributed by atoms with Crippen LogP contribution in [0.15, 0.2) is 27.9 Å². The van der Waals surface area contributed by atoms with Crippen LogP contribution in [0.2, 0.25) is 0 Å². The summed E-state index contributed by atoms with van der Waals surface area (Å²) in [5.74, 6) is 0.475. The van der Waals surface area contributed by atoms with E-state index in [4.69, 9.17) is 4.74 Å². The number of hydrogen-bond acceptors (Lipinski definition) is 8. The Kier molecular flexibility index (Phi) is 7.79. The average Bonchev–Trinajstić information content (AvgIpc) is 3.19.